The Morgan fingerprint density at radius 3 is 2.60 bits per heavy atom. The van der Waals surface area contributed by atoms with Gasteiger partial charge in [-0.15, -0.1) is 0 Å². The number of methoxy groups -OCH3 is 1. The third-order valence-electron chi connectivity index (χ3n) is 6.06. The van der Waals surface area contributed by atoms with Gasteiger partial charge in [0.05, 0.1) is 29.2 Å². The van der Waals surface area contributed by atoms with Crippen LogP contribution in [0, 0.1) is 10.1 Å². The molecule has 0 aliphatic rings. The molecule has 3 heterocycles. The van der Waals surface area contributed by atoms with E-state index in [4.69, 9.17) is 13.9 Å². The van der Waals surface area contributed by atoms with Crippen molar-refractivity contribution in [1.29, 1.82) is 0 Å². The first-order valence-corrected chi connectivity index (χ1v) is 12.0. The van der Waals surface area contributed by atoms with Gasteiger partial charge in [0.15, 0.2) is 17.3 Å². The Bertz CT molecular complexity index is 1950. The van der Waals surface area contributed by atoms with Gasteiger partial charge in [-0.25, -0.2) is 9.97 Å². The van der Waals surface area contributed by atoms with E-state index in [1.165, 1.54) is 30.1 Å². The number of benzene rings is 3. The summed E-state index contributed by atoms with van der Waals surface area (Å²) >= 11 is 0. The molecule has 0 fully saturated rings. The van der Waals surface area contributed by atoms with Gasteiger partial charge < -0.3 is 13.9 Å². The molecule has 0 unspecified atom stereocenters. The highest BCUT2D eigenvalue weighted by atomic mass is 16.6. The molecule has 0 aliphatic carbocycles. The van der Waals surface area contributed by atoms with Crippen molar-refractivity contribution in [2.75, 3.05) is 7.11 Å². The number of aromatic nitrogens is 3. The Hall–Kier alpha value is -5.84. The second kappa shape index (κ2) is 10.1. The number of para-hydroxylation sites is 2. The van der Waals surface area contributed by atoms with Crippen molar-refractivity contribution in [2.45, 2.75) is 0 Å². The third-order valence-corrected chi connectivity index (χ3v) is 6.06. The number of ether oxygens (including phenoxy) is 2. The lowest BCUT2D eigenvalue weighted by Gasteiger charge is -2.10. The number of furan rings is 1. The highest BCUT2D eigenvalue weighted by Crippen LogP contribution is 2.32. The molecule has 0 radical (unpaired) electrons. The Kier molecular flexibility index (Phi) is 6.21. The third kappa shape index (κ3) is 4.63. The molecule has 11 heteroatoms. The van der Waals surface area contributed by atoms with Crippen molar-refractivity contribution >= 4 is 33.8 Å². The fourth-order valence-corrected chi connectivity index (χ4v) is 4.11. The molecular formula is C29H19N5O6. The van der Waals surface area contributed by atoms with Crippen LogP contribution in [0.4, 0.5) is 5.69 Å². The maximum atomic E-state index is 13.5. The fraction of sp³-hybridized carbons (Fsp3) is 0.0345. The first-order chi connectivity index (χ1) is 19.5. The number of nitrogens with zero attached hydrogens (tertiary/aromatic N) is 5. The maximum Gasteiger partial charge on any atom is 0.287 e. The van der Waals surface area contributed by atoms with E-state index in [1.54, 1.807) is 36.4 Å². The predicted molar refractivity (Wildman–Crippen MR) is 148 cm³/mol. The van der Waals surface area contributed by atoms with Crippen molar-refractivity contribution in [3.8, 4) is 29.0 Å². The zero-order valence-corrected chi connectivity index (χ0v) is 20.9. The molecule has 3 aromatic heterocycles. The Morgan fingerprint density at radius 1 is 1.00 bits per heavy atom. The van der Waals surface area contributed by atoms with Gasteiger partial charge in [-0.2, -0.15) is 9.78 Å². The summed E-state index contributed by atoms with van der Waals surface area (Å²) < 4.78 is 18.4. The summed E-state index contributed by atoms with van der Waals surface area (Å²) in [5.41, 5.74) is 1.30. The second-order valence-corrected chi connectivity index (χ2v) is 8.59. The van der Waals surface area contributed by atoms with Crippen molar-refractivity contribution in [2.24, 2.45) is 5.10 Å². The van der Waals surface area contributed by atoms with Gasteiger partial charge in [-0.3, -0.25) is 14.9 Å². The second-order valence-electron chi connectivity index (χ2n) is 8.59. The van der Waals surface area contributed by atoms with Gasteiger partial charge in [0.1, 0.15) is 11.8 Å². The number of hydrogen-bond acceptors (Lipinski definition) is 9. The van der Waals surface area contributed by atoms with E-state index in [9.17, 15) is 14.9 Å². The topological polar surface area (TPSA) is 135 Å². The Balaban J connectivity index is 1.37. The average molecular weight is 534 g/mol. The van der Waals surface area contributed by atoms with Crippen LogP contribution in [0.5, 0.6) is 17.4 Å². The minimum atomic E-state index is -0.540. The first-order valence-electron chi connectivity index (χ1n) is 12.0. The van der Waals surface area contributed by atoms with Crippen LogP contribution in [0.25, 0.3) is 33.5 Å². The van der Waals surface area contributed by atoms with Gasteiger partial charge in [-0.1, -0.05) is 30.3 Å². The molecule has 0 spiro atoms. The van der Waals surface area contributed by atoms with Gasteiger partial charge in [0.2, 0.25) is 11.7 Å². The first kappa shape index (κ1) is 24.5. The molecule has 196 valence electrons. The molecule has 6 aromatic rings. The molecule has 0 saturated heterocycles. The van der Waals surface area contributed by atoms with Gasteiger partial charge in [0, 0.05) is 17.5 Å². The monoisotopic (exact) mass is 533 g/mol. The summed E-state index contributed by atoms with van der Waals surface area (Å²) in [5, 5.41) is 16.6. The molecule has 0 bridgehead atoms. The molecule has 0 amide bonds. The predicted octanol–water partition coefficient (Wildman–Crippen LogP) is 5.80. The van der Waals surface area contributed by atoms with E-state index in [2.05, 4.69) is 15.1 Å². The number of pyridine rings is 1. The minimum Gasteiger partial charge on any atom is -0.493 e. The fourth-order valence-electron chi connectivity index (χ4n) is 4.11. The number of hydrogen-bond donors (Lipinski definition) is 0. The van der Waals surface area contributed by atoms with Crippen LogP contribution in [0.2, 0.25) is 0 Å². The van der Waals surface area contributed by atoms with Gasteiger partial charge >= 0.3 is 0 Å². The van der Waals surface area contributed by atoms with E-state index >= 15 is 0 Å². The molecular weight excluding hydrogens is 514 g/mol. The maximum absolute atomic E-state index is 13.5. The standard InChI is InChI=1S/C29H19N5O6/c1-38-25-14-18(10-12-24(25)40-27-13-11-20(17-30-27)34(36)37)16-31-33-28(26-15-19-6-2-5-9-23(19)39-26)32-22-8-4-3-7-21(22)29(33)35/h2-17H,1H3. The number of rotatable bonds is 7. The molecule has 0 atom stereocenters. The summed E-state index contributed by atoms with van der Waals surface area (Å²) in [6.07, 6.45) is 2.61. The number of fused-ring (bicyclic) bond motifs is 2. The molecule has 40 heavy (non-hydrogen) atoms. The van der Waals surface area contributed by atoms with E-state index in [0.717, 1.165) is 11.6 Å². The molecule has 0 aliphatic heterocycles. The smallest absolute Gasteiger partial charge is 0.287 e. The number of nitro groups is 1. The molecule has 3 aromatic carbocycles. The zero-order valence-electron chi connectivity index (χ0n) is 20.9. The van der Waals surface area contributed by atoms with Crippen LogP contribution in [0.1, 0.15) is 5.56 Å². The molecule has 11 nitrogen and oxygen atoms in total. The van der Waals surface area contributed by atoms with Crippen molar-refractivity contribution in [3.05, 3.63) is 117 Å². The summed E-state index contributed by atoms with van der Waals surface area (Å²) in [6, 6.07) is 24.1. The average Bonchev–Trinajstić information content (AvgIpc) is 3.42. The molecule has 0 saturated carbocycles. The van der Waals surface area contributed by atoms with Crippen molar-refractivity contribution in [1.82, 2.24) is 14.6 Å². The van der Waals surface area contributed by atoms with Gasteiger partial charge in [-0.05, 0) is 48.0 Å². The van der Waals surface area contributed by atoms with Crippen LogP contribution >= 0.6 is 0 Å². The summed E-state index contributed by atoms with van der Waals surface area (Å²) in [4.78, 5) is 32.4. The summed E-state index contributed by atoms with van der Waals surface area (Å²) in [6.45, 7) is 0. The Morgan fingerprint density at radius 2 is 1.82 bits per heavy atom. The van der Waals surface area contributed by atoms with Crippen molar-refractivity contribution < 1.29 is 18.8 Å². The van der Waals surface area contributed by atoms with E-state index < -0.39 is 4.92 Å². The van der Waals surface area contributed by atoms with E-state index in [-0.39, 0.29) is 23.0 Å². The molecule has 0 N–H and O–H groups in total. The van der Waals surface area contributed by atoms with Gasteiger partial charge in [0.25, 0.3) is 11.2 Å². The normalized spacial score (nSPS) is 11.3. The lowest BCUT2D eigenvalue weighted by molar-refractivity contribution is -0.385. The SMILES string of the molecule is COc1cc(C=Nn2c(-c3cc4ccccc4o3)nc3ccccc3c2=O)ccc1Oc1ccc([N+](=O)[O-])cn1. The molecule has 6 rings (SSSR count). The highest BCUT2D eigenvalue weighted by molar-refractivity contribution is 5.85. The van der Waals surface area contributed by atoms with Crippen molar-refractivity contribution in [3.63, 3.8) is 0 Å². The minimum absolute atomic E-state index is 0.147. The largest absolute Gasteiger partial charge is 0.493 e. The lowest BCUT2D eigenvalue weighted by Crippen LogP contribution is -2.20. The lowest BCUT2D eigenvalue weighted by atomic mass is 10.2. The van der Waals surface area contributed by atoms with Crippen LogP contribution < -0.4 is 15.0 Å². The summed E-state index contributed by atoms with van der Waals surface area (Å²) in [7, 11) is 1.48. The highest BCUT2D eigenvalue weighted by Gasteiger charge is 2.16. The van der Waals surface area contributed by atoms with Crippen LogP contribution in [0.15, 0.2) is 105 Å². The quantitative estimate of drug-likeness (QED) is 0.143. The summed E-state index contributed by atoms with van der Waals surface area (Å²) in [5.74, 6) is 1.53. The zero-order chi connectivity index (χ0) is 27.6. The van der Waals surface area contributed by atoms with Crippen LogP contribution in [-0.4, -0.2) is 32.9 Å². The van der Waals surface area contributed by atoms with Crippen LogP contribution in [0.3, 0.4) is 0 Å². The van der Waals surface area contributed by atoms with E-state index in [0.29, 0.717) is 39.3 Å². The van der Waals surface area contributed by atoms with Crippen LogP contribution in [-0.2, 0) is 0 Å². The van der Waals surface area contributed by atoms with E-state index in [1.807, 2.05) is 36.4 Å². The Labute approximate surface area is 225 Å².